The molecule has 162 valence electrons. The SMILES string of the molecule is N#Cc1c(NC(=O)CSc2nnc(C34CC5CC(CC(C5)C3)C4)o2)sc2c1CCCC2. The zero-order valence-corrected chi connectivity index (χ0v) is 19.1. The fourth-order valence-electron chi connectivity index (χ4n) is 6.92. The van der Waals surface area contributed by atoms with Crippen LogP contribution < -0.4 is 5.32 Å². The molecule has 2 aromatic rings. The van der Waals surface area contributed by atoms with E-state index in [2.05, 4.69) is 21.6 Å². The van der Waals surface area contributed by atoms with Crippen molar-refractivity contribution in [2.24, 2.45) is 17.8 Å². The molecule has 4 bridgehead atoms. The normalized spacial score (nSPS) is 30.7. The Bertz CT molecular complexity index is 1030. The topological polar surface area (TPSA) is 91.8 Å². The largest absolute Gasteiger partial charge is 0.415 e. The van der Waals surface area contributed by atoms with Crippen LogP contribution in [0, 0.1) is 29.1 Å². The number of aromatic nitrogens is 2. The molecule has 5 aliphatic carbocycles. The van der Waals surface area contributed by atoms with E-state index >= 15 is 0 Å². The number of anilines is 1. The van der Waals surface area contributed by atoms with E-state index in [1.54, 1.807) is 11.3 Å². The molecule has 7 rings (SSSR count). The van der Waals surface area contributed by atoms with Gasteiger partial charge in [0, 0.05) is 10.3 Å². The van der Waals surface area contributed by atoms with Gasteiger partial charge < -0.3 is 9.73 Å². The number of fused-ring (bicyclic) bond motifs is 1. The predicted octanol–water partition coefficient (Wildman–Crippen LogP) is 5.08. The lowest BCUT2D eigenvalue weighted by molar-refractivity contribution is -0.113. The number of nitrogens with one attached hydrogen (secondary N) is 1. The summed E-state index contributed by atoms with van der Waals surface area (Å²) in [6.45, 7) is 0. The Balaban J connectivity index is 1.11. The number of nitrogens with zero attached hydrogens (tertiary/aromatic N) is 3. The molecule has 0 saturated heterocycles. The molecule has 4 fully saturated rings. The van der Waals surface area contributed by atoms with Crippen LogP contribution >= 0.6 is 23.1 Å². The molecule has 0 atom stereocenters. The second-order valence-corrected chi connectivity index (χ2v) is 12.0. The fraction of sp³-hybridized carbons (Fsp3) is 0.652. The van der Waals surface area contributed by atoms with Crippen molar-refractivity contribution in [2.75, 3.05) is 11.1 Å². The molecule has 2 heterocycles. The fourth-order valence-corrected chi connectivity index (χ4v) is 8.74. The number of hydrogen-bond acceptors (Lipinski definition) is 7. The maximum absolute atomic E-state index is 12.6. The van der Waals surface area contributed by atoms with Crippen molar-refractivity contribution < 1.29 is 9.21 Å². The molecular formula is C23H26N4O2S2. The van der Waals surface area contributed by atoms with E-state index in [9.17, 15) is 10.1 Å². The molecule has 0 spiro atoms. The third kappa shape index (κ3) is 3.50. The van der Waals surface area contributed by atoms with Crippen LogP contribution in [0.5, 0.6) is 0 Å². The molecule has 0 aromatic carbocycles. The summed E-state index contributed by atoms with van der Waals surface area (Å²) in [5.41, 5.74) is 1.87. The second-order valence-electron chi connectivity index (χ2n) is 9.93. The molecule has 31 heavy (non-hydrogen) atoms. The summed E-state index contributed by atoms with van der Waals surface area (Å²) >= 11 is 2.85. The predicted molar refractivity (Wildman–Crippen MR) is 119 cm³/mol. The number of nitriles is 1. The third-order valence-corrected chi connectivity index (χ3v) is 9.79. The number of thiophene rings is 1. The van der Waals surface area contributed by atoms with E-state index in [-0.39, 0.29) is 17.1 Å². The maximum Gasteiger partial charge on any atom is 0.277 e. The van der Waals surface area contributed by atoms with Gasteiger partial charge in [0.05, 0.1) is 11.3 Å². The minimum Gasteiger partial charge on any atom is -0.415 e. The third-order valence-electron chi connectivity index (χ3n) is 7.76. The highest BCUT2D eigenvalue weighted by Gasteiger charge is 2.54. The van der Waals surface area contributed by atoms with Gasteiger partial charge in [-0.25, -0.2) is 0 Å². The van der Waals surface area contributed by atoms with E-state index in [4.69, 9.17) is 4.42 Å². The number of thioether (sulfide) groups is 1. The number of carbonyl (C=O) groups is 1. The van der Waals surface area contributed by atoms with Gasteiger partial charge in [-0.1, -0.05) is 11.8 Å². The van der Waals surface area contributed by atoms with Gasteiger partial charge in [0.25, 0.3) is 5.22 Å². The minimum absolute atomic E-state index is 0.0839. The quantitative estimate of drug-likeness (QED) is 0.634. The minimum atomic E-state index is -0.130. The first-order valence-corrected chi connectivity index (χ1v) is 13.2. The van der Waals surface area contributed by atoms with E-state index in [1.165, 1.54) is 55.2 Å². The molecule has 6 nitrogen and oxygen atoms in total. The smallest absolute Gasteiger partial charge is 0.277 e. The van der Waals surface area contributed by atoms with Crippen molar-refractivity contribution in [3.05, 3.63) is 21.9 Å². The maximum atomic E-state index is 12.6. The summed E-state index contributed by atoms with van der Waals surface area (Å²) in [6, 6.07) is 2.30. The van der Waals surface area contributed by atoms with Gasteiger partial charge in [-0.05, 0) is 87.5 Å². The van der Waals surface area contributed by atoms with Crippen molar-refractivity contribution in [1.82, 2.24) is 10.2 Å². The Kier molecular flexibility index (Phi) is 4.87. The van der Waals surface area contributed by atoms with Gasteiger partial charge in [0.15, 0.2) is 0 Å². The highest BCUT2D eigenvalue weighted by atomic mass is 32.2. The molecule has 5 aliphatic rings. The highest BCUT2D eigenvalue weighted by Crippen LogP contribution is 2.60. The molecule has 0 radical (unpaired) electrons. The van der Waals surface area contributed by atoms with Crippen LogP contribution in [0.3, 0.4) is 0 Å². The van der Waals surface area contributed by atoms with Crippen molar-refractivity contribution in [1.29, 1.82) is 5.26 Å². The molecule has 1 amide bonds. The van der Waals surface area contributed by atoms with E-state index in [0.717, 1.165) is 54.9 Å². The summed E-state index contributed by atoms with van der Waals surface area (Å²) in [4.78, 5) is 13.8. The number of aryl methyl sites for hydroxylation is 1. The summed E-state index contributed by atoms with van der Waals surface area (Å²) in [6.07, 6.45) is 11.9. The van der Waals surface area contributed by atoms with Crippen LogP contribution in [0.15, 0.2) is 9.64 Å². The molecule has 0 aliphatic heterocycles. The molecule has 2 aromatic heterocycles. The Morgan fingerprint density at radius 3 is 2.58 bits per heavy atom. The van der Waals surface area contributed by atoms with Crippen molar-refractivity contribution in [2.45, 2.75) is 74.8 Å². The molecular weight excluding hydrogens is 428 g/mol. The van der Waals surface area contributed by atoms with Gasteiger partial charge in [0.1, 0.15) is 11.1 Å². The molecule has 8 heteroatoms. The first-order valence-electron chi connectivity index (χ1n) is 11.4. The Morgan fingerprint density at radius 1 is 1.16 bits per heavy atom. The standard InChI is InChI=1S/C23H26N4O2S2/c24-11-17-16-3-1-2-4-18(16)31-20(17)25-19(28)12-30-22-27-26-21(29-22)23-8-13-5-14(9-23)7-15(6-13)10-23/h13-15H,1-10,12H2,(H,25,28). The van der Waals surface area contributed by atoms with Crippen LogP contribution in [0.4, 0.5) is 5.00 Å². The molecule has 1 N–H and O–H groups in total. The van der Waals surface area contributed by atoms with Crippen LogP contribution in [0.1, 0.15) is 73.3 Å². The van der Waals surface area contributed by atoms with Gasteiger partial charge >= 0.3 is 0 Å². The van der Waals surface area contributed by atoms with Crippen LogP contribution in [-0.4, -0.2) is 21.9 Å². The Morgan fingerprint density at radius 2 is 1.87 bits per heavy atom. The van der Waals surface area contributed by atoms with E-state index < -0.39 is 0 Å². The zero-order valence-electron chi connectivity index (χ0n) is 17.5. The lowest BCUT2D eigenvalue weighted by Gasteiger charge is -2.55. The second kappa shape index (κ2) is 7.63. The van der Waals surface area contributed by atoms with E-state index in [1.807, 2.05) is 0 Å². The van der Waals surface area contributed by atoms with E-state index in [0.29, 0.717) is 15.8 Å². The van der Waals surface area contributed by atoms with Crippen LogP contribution in [0.2, 0.25) is 0 Å². The van der Waals surface area contributed by atoms with Crippen LogP contribution in [-0.2, 0) is 23.1 Å². The number of carbonyl (C=O) groups excluding carboxylic acids is 1. The van der Waals surface area contributed by atoms with Crippen LogP contribution in [0.25, 0.3) is 0 Å². The van der Waals surface area contributed by atoms with Crippen molar-refractivity contribution in [3.63, 3.8) is 0 Å². The summed E-state index contributed by atoms with van der Waals surface area (Å²) < 4.78 is 6.09. The van der Waals surface area contributed by atoms with Gasteiger partial charge in [-0.3, -0.25) is 4.79 Å². The average molecular weight is 455 g/mol. The zero-order chi connectivity index (χ0) is 21.0. The van der Waals surface area contributed by atoms with Crippen molar-refractivity contribution >= 4 is 34.0 Å². The van der Waals surface area contributed by atoms with Crippen molar-refractivity contribution in [3.8, 4) is 6.07 Å². The number of hydrogen-bond donors (Lipinski definition) is 1. The summed E-state index contributed by atoms with van der Waals surface area (Å²) in [5, 5.41) is 22.4. The van der Waals surface area contributed by atoms with Gasteiger partial charge in [0.2, 0.25) is 11.8 Å². The molecule has 4 saturated carbocycles. The molecule has 0 unspecified atom stereocenters. The van der Waals surface area contributed by atoms with Gasteiger partial charge in [-0.2, -0.15) is 5.26 Å². The summed E-state index contributed by atoms with van der Waals surface area (Å²) in [5.74, 6) is 3.35. The average Bonchev–Trinajstić information content (AvgIpc) is 3.36. The number of rotatable bonds is 5. The summed E-state index contributed by atoms with van der Waals surface area (Å²) in [7, 11) is 0. The lowest BCUT2D eigenvalue weighted by atomic mass is 9.49. The monoisotopic (exact) mass is 454 g/mol. The Labute approximate surface area is 190 Å². The Hall–Kier alpha value is -1.85. The highest BCUT2D eigenvalue weighted by molar-refractivity contribution is 7.99. The first-order chi connectivity index (χ1) is 15.1. The number of amides is 1. The lowest BCUT2D eigenvalue weighted by Crippen LogP contribution is -2.48. The first kappa shape index (κ1) is 19.8. The van der Waals surface area contributed by atoms with Gasteiger partial charge in [-0.15, -0.1) is 21.5 Å².